The predicted molar refractivity (Wildman–Crippen MR) is 126 cm³/mol. The summed E-state index contributed by atoms with van der Waals surface area (Å²) < 4.78 is 64.7. The van der Waals surface area contributed by atoms with Gasteiger partial charge in [-0.05, 0) is 24.1 Å². The van der Waals surface area contributed by atoms with Crippen LogP contribution in [0.1, 0.15) is 17.5 Å². The van der Waals surface area contributed by atoms with E-state index in [0.717, 1.165) is 11.8 Å². The lowest BCUT2D eigenvalue weighted by Gasteiger charge is -2.38. The van der Waals surface area contributed by atoms with Crippen molar-refractivity contribution in [2.24, 2.45) is 0 Å². The molecule has 34 heavy (non-hydrogen) atoms. The van der Waals surface area contributed by atoms with Gasteiger partial charge < -0.3 is 9.47 Å². The van der Waals surface area contributed by atoms with Crippen molar-refractivity contribution in [1.29, 1.82) is 5.26 Å². The van der Waals surface area contributed by atoms with E-state index in [1.165, 1.54) is 12.1 Å². The largest absolute Gasteiger partial charge is 0.489 e. The second-order valence-corrected chi connectivity index (χ2v) is 10.4. The number of hydrogen-bond donors (Lipinski definition) is 1. The molecule has 1 heterocycles. The first-order chi connectivity index (χ1) is 16.0. The molecule has 1 aliphatic rings. The predicted octanol–water partition coefficient (Wildman–Crippen LogP) is 4.38. The number of rotatable bonds is 9. The molecule has 3 rings (SSSR count). The first-order valence-corrected chi connectivity index (χ1v) is 13.1. The van der Waals surface area contributed by atoms with Crippen LogP contribution in [0.5, 0.6) is 17.2 Å². The molecule has 1 unspecified atom stereocenters. The summed E-state index contributed by atoms with van der Waals surface area (Å²) in [5, 5.41) is 9.58. The van der Waals surface area contributed by atoms with Crippen LogP contribution in [0.15, 0.2) is 36.4 Å². The van der Waals surface area contributed by atoms with Gasteiger partial charge in [-0.1, -0.05) is 23.7 Å². The number of nitrogens with one attached hydrogen (secondary N) is 1. The van der Waals surface area contributed by atoms with Crippen molar-refractivity contribution in [3.63, 3.8) is 0 Å². The molecule has 1 N–H and O–H groups in total. The molecule has 1 fully saturated rings. The third-order valence-corrected chi connectivity index (χ3v) is 6.21. The van der Waals surface area contributed by atoms with Crippen molar-refractivity contribution < 1.29 is 26.7 Å². The maximum Gasteiger partial charge on any atom is 0.276 e. The molecule has 0 radical (unpaired) electrons. The quantitative estimate of drug-likeness (QED) is 0.481. The smallest absolute Gasteiger partial charge is 0.276 e. The number of ether oxygens (including phenoxy) is 2. The topological polar surface area (TPSA) is 91.7 Å². The van der Waals surface area contributed by atoms with Crippen molar-refractivity contribution >= 4 is 33.2 Å². The van der Waals surface area contributed by atoms with Gasteiger partial charge in [-0.2, -0.15) is 5.26 Å². The molecule has 0 spiro atoms. The van der Waals surface area contributed by atoms with Gasteiger partial charge in [0.1, 0.15) is 24.2 Å². The van der Waals surface area contributed by atoms with Crippen LogP contribution < -0.4 is 14.2 Å². The highest BCUT2D eigenvalue weighted by Crippen LogP contribution is 2.35. The molecule has 2 aromatic carbocycles. The molecule has 0 aromatic heterocycles. The highest BCUT2D eigenvalue weighted by Gasteiger charge is 2.45. The first-order valence-electron chi connectivity index (χ1n) is 10.3. The number of likely N-dealkylation sites (tertiary alicyclic amines) is 1. The summed E-state index contributed by atoms with van der Waals surface area (Å²) in [4.78, 5) is 1.58. The minimum Gasteiger partial charge on any atom is -0.489 e. The molecule has 0 amide bonds. The Kier molecular flexibility index (Phi) is 8.60. The number of nitrogens with zero attached hydrogens (tertiary/aromatic N) is 2. The van der Waals surface area contributed by atoms with Crippen LogP contribution in [0, 0.1) is 11.3 Å². The second-order valence-electron chi connectivity index (χ2n) is 7.88. The zero-order chi connectivity index (χ0) is 24.9. The third kappa shape index (κ3) is 7.17. The highest BCUT2D eigenvalue weighted by molar-refractivity contribution is 7.88. The lowest BCUT2D eigenvalue weighted by molar-refractivity contribution is -0.0862. The van der Waals surface area contributed by atoms with E-state index in [0.29, 0.717) is 18.0 Å². The molecule has 1 atom stereocenters. The summed E-state index contributed by atoms with van der Waals surface area (Å²) >= 11 is 11.8. The van der Waals surface area contributed by atoms with Crippen LogP contribution in [0.3, 0.4) is 0 Å². The maximum atomic E-state index is 14.4. The van der Waals surface area contributed by atoms with E-state index in [4.69, 9.17) is 32.7 Å². The van der Waals surface area contributed by atoms with E-state index in [9.17, 15) is 22.5 Å². The Labute approximate surface area is 207 Å². The second kappa shape index (κ2) is 11.1. The molecule has 0 saturated carbocycles. The van der Waals surface area contributed by atoms with Gasteiger partial charge in [0.15, 0.2) is 5.75 Å². The zero-order valence-corrected chi connectivity index (χ0v) is 20.6. The van der Waals surface area contributed by atoms with Crippen LogP contribution in [0.2, 0.25) is 5.02 Å². The normalized spacial score (nSPS) is 18.3. The lowest BCUT2D eigenvalue weighted by atomic mass is 10.0. The van der Waals surface area contributed by atoms with Crippen molar-refractivity contribution in [3.8, 4) is 23.3 Å². The van der Waals surface area contributed by atoms with Gasteiger partial charge in [-0.3, -0.25) is 4.90 Å². The monoisotopic (exact) mass is 533 g/mol. The van der Waals surface area contributed by atoms with Gasteiger partial charge in [-0.25, -0.2) is 21.9 Å². The van der Waals surface area contributed by atoms with Crippen LogP contribution in [0.4, 0.5) is 8.78 Å². The standard InChI is InChI=1S/C22H23Cl2F2N3O4S/c1-34(30,31)28-20-6-8-29(14-22(20,25)26)13-15-2-4-17(5-3-15)33-18-10-16(12-27)21(19(24)11-18)32-9-7-23/h2-5,10-11,20,28H,6-9,13-14H2,1H3. The molecular formula is C22H23Cl2F2N3O4S. The molecule has 184 valence electrons. The minimum atomic E-state index is -3.72. The van der Waals surface area contributed by atoms with Crippen LogP contribution >= 0.6 is 23.2 Å². The van der Waals surface area contributed by atoms with Gasteiger partial charge in [0.2, 0.25) is 10.0 Å². The number of hydrogen-bond acceptors (Lipinski definition) is 6. The number of sulfonamides is 1. The van der Waals surface area contributed by atoms with Crippen molar-refractivity contribution in [2.45, 2.75) is 24.9 Å². The summed E-state index contributed by atoms with van der Waals surface area (Å²) in [6.07, 6.45) is 0.881. The van der Waals surface area contributed by atoms with E-state index in [2.05, 4.69) is 0 Å². The number of halogens is 4. The van der Waals surface area contributed by atoms with Crippen molar-refractivity contribution in [3.05, 3.63) is 52.5 Å². The zero-order valence-electron chi connectivity index (χ0n) is 18.2. The third-order valence-electron chi connectivity index (χ3n) is 5.06. The summed E-state index contributed by atoms with van der Waals surface area (Å²) in [6.45, 7) is 0.258. The van der Waals surface area contributed by atoms with E-state index in [1.807, 2.05) is 10.8 Å². The van der Waals surface area contributed by atoms with Gasteiger partial charge in [-0.15, -0.1) is 11.6 Å². The summed E-state index contributed by atoms with van der Waals surface area (Å²) in [5.74, 6) is -1.88. The fraction of sp³-hybridized carbons (Fsp3) is 0.409. The average molecular weight is 534 g/mol. The molecule has 1 aliphatic heterocycles. The Hall–Kier alpha value is -2.16. The molecule has 12 heteroatoms. The Bertz CT molecular complexity index is 1160. The first kappa shape index (κ1) is 26.4. The van der Waals surface area contributed by atoms with Crippen molar-refractivity contribution in [2.75, 3.05) is 31.8 Å². The summed E-state index contributed by atoms with van der Waals surface area (Å²) in [5.41, 5.74) is 0.997. The average Bonchev–Trinajstić information content (AvgIpc) is 2.75. The van der Waals surface area contributed by atoms with E-state index >= 15 is 0 Å². The van der Waals surface area contributed by atoms with E-state index in [1.54, 1.807) is 29.2 Å². The maximum absolute atomic E-state index is 14.4. The summed E-state index contributed by atoms with van der Waals surface area (Å²) in [7, 11) is -3.72. The van der Waals surface area contributed by atoms with Crippen LogP contribution in [-0.2, 0) is 16.6 Å². The fourth-order valence-electron chi connectivity index (χ4n) is 3.60. The van der Waals surface area contributed by atoms with E-state index < -0.39 is 28.5 Å². The van der Waals surface area contributed by atoms with E-state index in [-0.39, 0.29) is 41.8 Å². The minimum absolute atomic E-state index is 0.00779. The molecule has 1 saturated heterocycles. The molecule has 2 aromatic rings. The fourth-order valence-corrected chi connectivity index (χ4v) is 4.75. The van der Waals surface area contributed by atoms with Crippen molar-refractivity contribution in [1.82, 2.24) is 9.62 Å². The summed E-state index contributed by atoms with van der Waals surface area (Å²) in [6, 6.07) is 10.5. The molecule has 7 nitrogen and oxygen atoms in total. The highest BCUT2D eigenvalue weighted by atomic mass is 35.5. The van der Waals surface area contributed by atoms with Gasteiger partial charge in [0.05, 0.1) is 35.3 Å². The van der Waals surface area contributed by atoms with Gasteiger partial charge in [0.25, 0.3) is 5.92 Å². The Morgan fingerprint density at radius 1 is 1.26 bits per heavy atom. The Morgan fingerprint density at radius 2 is 1.97 bits per heavy atom. The number of benzene rings is 2. The Balaban J connectivity index is 1.63. The SMILES string of the molecule is CS(=O)(=O)NC1CCN(Cc2ccc(Oc3cc(Cl)c(OCCCl)c(C#N)c3)cc2)CC1(F)F. The number of nitriles is 1. The molecule has 0 bridgehead atoms. The van der Waals surface area contributed by atoms with Gasteiger partial charge >= 0.3 is 0 Å². The van der Waals surface area contributed by atoms with Gasteiger partial charge in [0, 0.05) is 25.2 Å². The Morgan fingerprint density at radius 3 is 2.56 bits per heavy atom. The lowest BCUT2D eigenvalue weighted by Crippen LogP contribution is -2.57. The number of alkyl halides is 3. The molecular weight excluding hydrogens is 511 g/mol. The number of piperidine rings is 1. The molecule has 0 aliphatic carbocycles. The van der Waals surface area contributed by atoms with Crippen LogP contribution in [0.25, 0.3) is 0 Å². The van der Waals surface area contributed by atoms with Crippen LogP contribution in [-0.4, -0.2) is 57.1 Å².